The van der Waals surface area contributed by atoms with E-state index in [9.17, 15) is 0 Å². The average molecular weight is 442 g/mol. The zero-order valence-electron chi connectivity index (χ0n) is 18.6. The third-order valence-electron chi connectivity index (χ3n) is 6.75. The summed E-state index contributed by atoms with van der Waals surface area (Å²) in [7, 11) is 0. The van der Waals surface area contributed by atoms with Crippen LogP contribution in [0.1, 0.15) is 60.7 Å². The summed E-state index contributed by atoms with van der Waals surface area (Å²) >= 11 is 1.99. The second-order valence-electron chi connectivity index (χ2n) is 8.93. The van der Waals surface area contributed by atoms with Gasteiger partial charge in [-0.1, -0.05) is 12.1 Å². The summed E-state index contributed by atoms with van der Waals surface area (Å²) in [5.74, 6) is 0. The van der Waals surface area contributed by atoms with Gasteiger partial charge in [-0.2, -0.15) is 5.10 Å². The largest absolute Gasteiger partial charge is 0.370 e. The van der Waals surface area contributed by atoms with E-state index in [2.05, 4.69) is 58.3 Å². The van der Waals surface area contributed by atoms with Gasteiger partial charge in [0, 0.05) is 41.5 Å². The quantitative estimate of drug-likeness (QED) is 0.585. The van der Waals surface area contributed by atoms with Crippen molar-refractivity contribution >= 4 is 11.3 Å². The fourth-order valence-electron chi connectivity index (χ4n) is 5.02. The van der Waals surface area contributed by atoms with Crippen LogP contribution in [0.3, 0.4) is 0 Å². The van der Waals surface area contributed by atoms with E-state index in [1.807, 2.05) is 20.7 Å². The lowest BCUT2D eigenvalue weighted by Crippen LogP contribution is -2.50. The standard InChI is InChI=1S/C22H31N7OS/c1-4-19-9-20-21(31-19)5-8-30-22(20)6-7-27(16(2)10-22)12-18-13-28(26-25-18)11-17(3)29-15-23-14-24-29/h9,13-17H,4-8,10-12H2,1-3H3/t16-,17?,22+/m0/s1. The van der Waals surface area contributed by atoms with Gasteiger partial charge in [0.2, 0.25) is 0 Å². The minimum atomic E-state index is -0.0989. The summed E-state index contributed by atoms with van der Waals surface area (Å²) in [6, 6.07) is 3.04. The van der Waals surface area contributed by atoms with Crippen LogP contribution in [0.2, 0.25) is 0 Å². The van der Waals surface area contributed by atoms with Gasteiger partial charge in [-0.05, 0) is 44.7 Å². The monoisotopic (exact) mass is 441 g/mol. The summed E-state index contributed by atoms with van der Waals surface area (Å²) in [6.07, 6.45) is 9.62. The molecule has 1 unspecified atom stereocenters. The van der Waals surface area contributed by atoms with Crippen molar-refractivity contribution in [2.45, 2.75) is 77.2 Å². The number of piperidine rings is 1. The lowest BCUT2D eigenvalue weighted by atomic mass is 9.79. The number of rotatable bonds is 6. The zero-order valence-corrected chi connectivity index (χ0v) is 19.4. The van der Waals surface area contributed by atoms with E-state index >= 15 is 0 Å². The Kier molecular flexibility index (Phi) is 5.66. The normalized spacial score (nSPS) is 25.1. The van der Waals surface area contributed by atoms with E-state index in [1.54, 1.807) is 17.5 Å². The number of hydrogen-bond acceptors (Lipinski definition) is 7. The fourth-order valence-corrected chi connectivity index (χ4v) is 6.20. The number of likely N-dealkylation sites (tertiary alicyclic amines) is 1. The maximum absolute atomic E-state index is 6.48. The van der Waals surface area contributed by atoms with Crippen molar-refractivity contribution in [2.75, 3.05) is 13.2 Å². The first-order valence-electron chi connectivity index (χ1n) is 11.3. The Morgan fingerprint density at radius 2 is 2.29 bits per heavy atom. The summed E-state index contributed by atoms with van der Waals surface area (Å²) < 4.78 is 10.2. The van der Waals surface area contributed by atoms with Crippen LogP contribution in [0.5, 0.6) is 0 Å². The summed E-state index contributed by atoms with van der Waals surface area (Å²) in [5.41, 5.74) is 2.39. The highest BCUT2D eigenvalue weighted by Gasteiger charge is 2.44. The van der Waals surface area contributed by atoms with Crippen LogP contribution >= 0.6 is 11.3 Å². The summed E-state index contributed by atoms with van der Waals surface area (Å²) in [6.45, 7) is 10.1. The molecule has 0 aromatic carbocycles. The smallest absolute Gasteiger partial charge is 0.137 e. The van der Waals surface area contributed by atoms with Gasteiger partial charge in [-0.3, -0.25) is 9.58 Å². The van der Waals surface area contributed by atoms with E-state index in [0.29, 0.717) is 6.04 Å². The molecule has 0 aliphatic carbocycles. The Labute approximate surface area is 187 Å². The highest BCUT2D eigenvalue weighted by atomic mass is 32.1. The van der Waals surface area contributed by atoms with Crippen molar-refractivity contribution in [3.63, 3.8) is 0 Å². The van der Waals surface area contributed by atoms with E-state index in [4.69, 9.17) is 4.74 Å². The molecule has 2 aliphatic heterocycles. The van der Waals surface area contributed by atoms with E-state index in [-0.39, 0.29) is 11.6 Å². The van der Waals surface area contributed by atoms with Gasteiger partial charge < -0.3 is 4.74 Å². The Bertz CT molecular complexity index is 1010. The van der Waals surface area contributed by atoms with Crippen LogP contribution in [-0.2, 0) is 36.3 Å². The number of ether oxygens (including phenoxy) is 1. The molecule has 3 aromatic heterocycles. The second kappa shape index (κ2) is 8.44. The van der Waals surface area contributed by atoms with Crippen LogP contribution in [0, 0.1) is 0 Å². The molecule has 0 N–H and O–H groups in total. The van der Waals surface area contributed by atoms with E-state index < -0.39 is 0 Å². The Balaban J connectivity index is 1.23. The van der Waals surface area contributed by atoms with Gasteiger partial charge in [0.05, 0.1) is 30.5 Å². The molecule has 3 aromatic rings. The first-order valence-corrected chi connectivity index (χ1v) is 12.1. The lowest BCUT2D eigenvalue weighted by molar-refractivity contribution is -0.112. The number of hydrogen-bond donors (Lipinski definition) is 0. The lowest BCUT2D eigenvalue weighted by Gasteiger charge is -2.47. The third kappa shape index (κ3) is 4.06. The summed E-state index contributed by atoms with van der Waals surface area (Å²) in [5, 5.41) is 13.0. The Morgan fingerprint density at radius 1 is 1.39 bits per heavy atom. The predicted octanol–water partition coefficient (Wildman–Crippen LogP) is 3.21. The molecule has 0 amide bonds. The first-order chi connectivity index (χ1) is 15.1. The molecule has 5 rings (SSSR count). The van der Waals surface area contributed by atoms with E-state index in [0.717, 1.165) is 57.6 Å². The first kappa shape index (κ1) is 20.8. The van der Waals surface area contributed by atoms with Crippen LogP contribution < -0.4 is 0 Å². The van der Waals surface area contributed by atoms with Gasteiger partial charge in [0.1, 0.15) is 12.7 Å². The highest BCUT2D eigenvalue weighted by molar-refractivity contribution is 7.12. The van der Waals surface area contributed by atoms with Gasteiger partial charge in [-0.15, -0.1) is 16.4 Å². The highest BCUT2D eigenvalue weighted by Crippen LogP contribution is 2.46. The van der Waals surface area contributed by atoms with Gasteiger partial charge in [0.15, 0.2) is 0 Å². The van der Waals surface area contributed by atoms with Crippen molar-refractivity contribution in [3.8, 4) is 0 Å². The van der Waals surface area contributed by atoms with Crippen LogP contribution in [0.15, 0.2) is 24.9 Å². The van der Waals surface area contributed by atoms with Crippen LogP contribution in [0.4, 0.5) is 0 Å². The molecular formula is C22H31N7OS. The van der Waals surface area contributed by atoms with Gasteiger partial charge >= 0.3 is 0 Å². The van der Waals surface area contributed by atoms with Crippen molar-refractivity contribution < 1.29 is 4.74 Å². The maximum Gasteiger partial charge on any atom is 0.137 e. The third-order valence-corrected chi connectivity index (χ3v) is 8.09. The Hall–Kier alpha value is -2.10. The molecule has 2 aliphatic rings. The molecule has 1 fully saturated rings. The summed E-state index contributed by atoms with van der Waals surface area (Å²) in [4.78, 5) is 9.58. The SMILES string of the molecule is CCc1cc2c(s1)CCO[C@@]21CCN(Cc2cn(CC(C)n3cncn3)nn2)[C@@H](C)C1. The number of aromatic nitrogens is 6. The minimum Gasteiger partial charge on any atom is -0.370 e. The number of nitrogens with zero attached hydrogens (tertiary/aromatic N) is 7. The van der Waals surface area contributed by atoms with Crippen LogP contribution in [-0.4, -0.2) is 53.9 Å². The molecule has 3 atom stereocenters. The minimum absolute atomic E-state index is 0.0989. The fraction of sp³-hybridized carbons (Fsp3) is 0.636. The molecule has 5 heterocycles. The molecule has 9 heteroatoms. The molecule has 1 spiro atoms. The molecule has 0 saturated carbocycles. The maximum atomic E-state index is 6.48. The van der Waals surface area contributed by atoms with Gasteiger partial charge in [-0.25, -0.2) is 9.67 Å². The van der Waals surface area contributed by atoms with E-state index in [1.165, 1.54) is 10.4 Å². The molecule has 0 bridgehead atoms. The van der Waals surface area contributed by atoms with Crippen molar-refractivity contribution in [2.24, 2.45) is 0 Å². The van der Waals surface area contributed by atoms with Crippen molar-refractivity contribution in [1.82, 2.24) is 34.7 Å². The number of aryl methyl sites for hydroxylation is 1. The number of fused-ring (bicyclic) bond motifs is 2. The number of thiophene rings is 1. The predicted molar refractivity (Wildman–Crippen MR) is 119 cm³/mol. The zero-order chi connectivity index (χ0) is 21.4. The van der Waals surface area contributed by atoms with Gasteiger partial charge in [0.25, 0.3) is 0 Å². The molecule has 1 saturated heterocycles. The average Bonchev–Trinajstić information content (AvgIpc) is 3.51. The molecule has 0 radical (unpaired) electrons. The molecule has 166 valence electrons. The molecular weight excluding hydrogens is 410 g/mol. The second-order valence-corrected chi connectivity index (χ2v) is 10.1. The van der Waals surface area contributed by atoms with Crippen molar-refractivity contribution in [3.05, 3.63) is 45.9 Å². The molecule has 8 nitrogen and oxygen atoms in total. The molecule has 31 heavy (non-hydrogen) atoms. The van der Waals surface area contributed by atoms with Crippen LogP contribution in [0.25, 0.3) is 0 Å². The van der Waals surface area contributed by atoms with Crippen molar-refractivity contribution in [1.29, 1.82) is 0 Å². The Morgan fingerprint density at radius 3 is 3.06 bits per heavy atom. The topological polar surface area (TPSA) is 73.9 Å².